The third kappa shape index (κ3) is 4.34. The lowest BCUT2D eigenvalue weighted by molar-refractivity contribution is 0.742. The predicted molar refractivity (Wildman–Crippen MR) is 206 cm³/mol. The highest BCUT2D eigenvalue weighted by Gasteiger charge is 2.51. The highest BCUT2D eigenvalue weighted by molar-refractivity contribution is 9.10. The molecule has 6 aromatic carbocycles. The van der Waals surface area contributed by atoms with E-state index in [2.05, 4.69) is 196 Å². The van der Waals surface area contributed by atoms with Gasteiger partial charge < -0.3 is 0 Å². The molecular formula is C47H39Br. The van der Waals surface area contributed by atoms with E-state index in [0.29, 0.717) is 0 Å². The van der Waals surface area contributed by atoms with Crippen molar-refractivity contribution in [2.24, 2.45) is 0 Å². The molecule has 2 aliphatic carbocycles. The summed E-state index contributed by atoms with van der Waals surface area (Å²) >= 11 is 3.72. The maximum absolute atomic E-state index is 3.72. The quantitative estimate of drug-likeness (QED) is 0.158. The molecule has 234 valence electrons. The maximum Gasteiger partial charge on any atom is 0.0713 e. The Labute approximate surface area is 293 Å². The third-order valence-electron chi connectivity index (χ3n) is 10.7. The van der Waals surface area contributed by atoms with Crippen molar-refractivity contribution in [1.82, 2.24) is 0 Å². The van der Waals surface area contributed by atoms with Crippen LogP contribution in [0.1, 0.15) is 70.8 Å². The van der Waals surface area contributed by atoms with Crippen molar-refractivity contribution in [1.29, 1.82) is 0 Å². The van der Waals surface area contributed by atoms with E-state index in [4.69, 9.17) is 0 Å². The normalized spacial score (nSPS) is 18.9. The van der Waals surface area contributed by atoms with Crippen molar-refractivity contribution in [3.05, 3.63) is 211 Å². The number of fused-ring (bicyclic) bond motifs is 6. The van der Waals surface area contributed by atoms with Gasteiger partial charge in [-0.05, 0) is 120 Å². The molecular weight excluding hydrogens is 644 g/mol. The highest BCUT2D eigenvalue weighted by Crippen LogP contribution is 2.62. The maximum atomic E-state index is 3.72. The van der Waals surface area contributed by atoms with Gasteiger partial charge in [0.05, 0.1) is 10.8 Å². The zero-order chi connectivity index (χ0) is 33.2. The van der Waals surface area contributed by atoms with Gasteiger partial charge in [-0.2, -0.15) is 0 Å². The van der Waals surface area contributed by atoms with Crippen molar-refractivity contribution in [2.45, 2.75) is 45.4 Å². The van der Waals surface area contributed by atoms with Gasteiger partial charge >= 0.3 is 0 Å². The van der Waals surface area contributed by atoms with Crippen molar-refractivity contribution in [2.75, 3.05) is 0 Å². The third-order valence-corrected chi connectivity index (χ3v) is 11.2. The van der Waals surface area contributed by atoms with Gasteiger partial charge in [-0.1, -0.05) is 160 Å². The summed E-state index contributed by atoms with van der Waals surface area (Å²) < 4.78 is 1.08. The van der Waals surface area contributed by atoms with Crippen LogP contribution < -0.4 is 0 Å². The van der Waals surface area contributed by atoms with Crippen LogP contribution in [0.5, 0.6) is 0 Å². The first kappa shape index (κ1) is 30.6. The van der Waals surface area contributed by atoms with Gasteiger partial charge in [0, 0.05) is 4.47 Å². The molecule has 0 saturated carbocycles. The number of rotatable bonds is 5. The number of aryl methyl sites for hydroxylation is 2. The Bertz CT molecular complexity index is 2210. The fourth-order valence-electron chi connectivity index (χ4n) is 8.52. The van der Waals surface area contributed by atoms with Crippen LogP contribution in [0.4, 0.5) is 0 Å². The summed E-state index contributed by atoms with van der Waals surface area (Å²) in [6.45, 7) is 11.0. The average Bonchev–Trinajstić information content (AvgIpc) is 3.55. The Morgan fingerprint density at radius 2 is 0.958 bits per heavy atom. The summed E-state index contributed by atoms with van der Waals surface area (Å²) in [6, 6.07) is 50.7. The molecule has 1 heteroatoms. The van der Waals surface area contributed by atoms with Crippen molar-refractivity contribution < 1.29 is 0 Å². The van der Waals surface area contributed by atoms with E-state index in [1.165, 1.54) is 83.5 Å². The lowest BCUT2D eigenvalue weighted by Crippen LogP contribution is -2.30. The monoisotopic (exact) mass is 682 g/mol. The van der Waals surface area contributed by atoms with Crippen molar-refractivity contribution in [3.8, 4) is 22.3 Å². The van der Waals surface area contributed by atoms with Crippen LogP contribution in [-0.4, -0.2) is 0 Å². The van der Waals surface area contributed by atoms with Crippen LogP contribution in [0.15, 0.2) is 161 Å². The minimum absolute atomic E-state index is 0.428. The van der Waals surface area contributed by atoms with E-state index in [1.54, 1.807) is 0 Å². The van der Waals surface area contributed by atoms with Gasteiger partial charge in [-0.15, -0.1) is 0 Å². The Morgan fingerprint density at radius 3 is 1.56 bits per heavy atom. The summed E-state index contributed by atoms with van der Waals surface area (Å²) in [5, 5.41) is 0. The molecule has 48 heavy (non-hydrogen) atoms. The zero-order valence-corrected chi connectivity index (χ0v) is 29.8. The molecule has 0 aromatic heterocycles. The largest absolute Gasteiger partial charge is 0.0764 e. The van der Waals surface area contributed by atoms with Crippen LogP contribution in [0.3, 0.4) is 0 Å². The van der Waals surface area contributed by atoms with Crippen molar-refractivity contribution in [3.63, 3.8) is 0 Å². The number of benzene rings is 6. The molecule has 0 heterocycles. The van der Waals surface area contributed by atoms with Gasteiger partial charge in [0.2, 0.25) is 0 Å². The van der Waals surface area contributed by atoms with E-state index < -0.39 is 10.8 Å². The Balaban J connectivity index is 1.53. The highest BCUT2D eigenvalue weighted by atomic mass is 79.9. The standard InChI is InChI=1S/C47H39Br/c1-30(2)14-19-33(5)46(34-20-15-31(3)16-21-34)42-12-8-6-10-38(42)40-29-45-41(28-44(40)46)39-11-7-9-13-43(39)47(45,35-22-17-32(4)18-23-35)36-24-26-37(48)27-25-36/h6-29H,1-5H3. The van der Waals surface area contributed by atoms with Gasteiger partial charge in [0.25, 0.3) is 0 Å². The zero-order valence-electron chi connectivity index (χ0n) is 28.2. The van der Waals surface area contributed by atoms with Gasteiger partial charge in [-0.3, -0.25) is 0 Å². The molecule has 2 atom stereocenters. The van der Waals surface area contributed by atoms with Crippen LogP contribution in [0.2, 0.25) is 0 Å². The lowest BCUT2D eigenvalue weighted by Gasteiger charge is -2.36. The molecule has 0 saturated heterocycles. The van der Waals surface area contributed by atoms with E-state index in [-0.39, 0.29) is 0 Å². The van der Waals surface area contributed by atoms with Crippen LogP contribution in [-0.2, 0) is 10.8 Å². The number of allylic oxidation sites excluding steroid dienone is 4. The second-order valence-corrected chi connectivity index (χ2v) is 14.8. The van der Waals surface area contributed by atoms with Crippen LogP contribution >= 0.6 is 15.9 Å². The van der Waals surface area contributed by atoms with Crippen LogP contribution in [0, 0.1) is 13.8 Å². The molecule has 0 radical (unpaired) electrons. The summed E-state index contributed by atoms with van der Waals surface area (Å²) in [5.74, 6) is 0. The minimum Gasteiger partial charge on any atom is -0.0764 e. The molecule has 0 spiro atoms. The minimum atomic E-state index is -0.466. The first-order valence-corrected chi connectivity index (χ1v) is 17.7. The SMILES string of the molecule is CC(C)=CC=C(C)C1(c2ccc(C)cc2)c2ccccc2-c2cc3c(cc21)-c1ccccc1C3(c1ccc(C)cc1)c1ccc(Br)cc1. The molecule has 0 N–H and O–H groups in total. The first-order chi connectivity index (χ1) is 23.3. The van der Waals surface area contributed by atoms with Gasteiger partial charge in [0.1, 0.15) is 0 Å². The molecule has 8 rings (SSSR count). The lowest BCUT2D eigenvalue weighted by atomic mass is 9.65. The Kier molecular flexibility index (Phi) is 7.31. The molecule has 0 bridgehead atoms. The smallest absolute Gasteiger partial charge is 0.0713 e. The van der Waals surface area contributed by atoms with Gasteiger partial charge in [-0.25, -0.2) is 0 Å². The fourth-order valence-corrected chi connectivity index (χ4v) is 8.79. The summed E-state index contributed by atoms with van der Waals surface area (Å²) in [4.78, 5) is 0. The van der Waals surface area contributed by atoms with E-state index >= 15 is 0 Å². The molecule has 6 aromatic rings. The summed E-state index contributed by atoms with van der Waals surface area (Å²) in [7, 11) is 0. The van der Waals surface area contributed by atoms with Crippen LogP contribution in [0.25, 0.3) is 22.3 Å². The van der Waals surface area contributed by atoms with Gasteiger partial charge in [0.15, 0.2) is 0 Å². The van der Waals surface area contributed by atoms with E-state index in [1.807, 2.05) is 0 Å². The first-order valence-electron chi connectivity index (χ1n) is 16.9. The number of hydrogen-bond acceptors (Lipinski definition) is 0. The Morgan fingerprint density at radius 1 is 0.479 bits per heavy atom. The second kappa shape index (κ2) is 11.5. The molecule has 0 amide bonds. The predicted octanol–water partition coefficient (Wildman–Crippen LogP) is 12.7. The number of halogens is 1. The molecule has 0 fully saturated rings. The average molecular weight is 684 g/mol. The summed E-state index contributed by atoms with van der Waals surface area (Å²) in [6.07, 6.45) is 4.62. The number of hydrogen-bond donors (Lipinski definition) is 0. The molecule has 2 unspecified atom stereocenters. The van der Waals surface area contributed by atoms with E-state index in [0.717, 1.165) is 4.47 Å². The summed E-state index contributed by atoms with van der Waals surface area (Å²) in [5.41, 5.74) is 18.7. The topological polar surface area (TPSA) is 0 Å². The Hall–Kier alpha value is -4.72. The molecule has 2 aliphatic rings. The van der Waals surface area contributed by atoms with Crippen molar-refractivity contribution >= 4 is 15.9 Å². The second-order valence-electron chi connectivity index (χ2n) is 13.9. The van der Waals surface area contributed by atoms with E-state index in [9.17, 15) is 0 Å². The fraction of sp³-hybridized carbons (Fsp3) is 0.149. The molecule has 0 aliphatic heterocycles. The molecule has 0 nitrogen and oxygen atoms in total.